The Balaban J connectivity index is 1.95. The van der Waals surface area contributed by atoms with E-state index in [2.05, 4.69) is 0 Å². The zero-order chi connectivity index (χ0) is 13.8. The van der Waals surface area contributed by atoms with E-state index in [-0.39, 0.29) is 12.6 Å². The Morgan fingerprint density at radius 2 is 1.47 bits per heavy atom. The van der Waals surface area contributed by atoms with Crippen molar-refractivity contribution in [2.75, 3.05) is 13.3 Å². The van der Waals surface area contributed by atoms with E-state index in [0.717, 1.165) is 38.5 Å². The second-order valence-corrected chi connectivity index (χ2v) is 4.67. The van der Waals surface area contributed by atoms with E-state index in [9.17, 15) is 9.18 Å². The Morgan fingerprint density at radius 3 is 2.11 bits per heavy atom. The zero-order valence-corrected chi connectivity index (χ0v) is 11.4. The average molecular weight is 266 g/mol. The summed E-state index contributed by atoms with van der Waals surface area (Å²) in [5.74, 6) is -0.247. The molecule has 0 spiro atoms. The largest absolute Gasteiger partial charge is 0.462 e. The molecule has 0 aliphatic rings. The lowest BCUT2D eigenvalue weighted by atomic mass is 10.1. The Kier molecular flexibility index (Phi) is 8.69. The molecule has 0 saturated carbocycles. The van der Waals surface area contributed by atoms with Crippen molar-refractivity contribution in [2.45, 2.75) is 44.9 Å². The first-order valence-electron chi connectivity index (χ1n) is 7.12. The van der Waals surface area contributed by atoms with E-state index in [0.29, 0.717) is 18.6 Å². The molecule has 1 aromatic carbocycles. The van der Waals surface area contributed by atoms with Crippen molar-refractivity contribution < 1.29 is 13.9 Å². The molecule has 1 aromatic rings. The Hall–Kier alpha value is -1.38. The molecule has 0 N–H and O–H groups in total. The van der Waals surface area contributed by atoms with Crippen molar-refractivity contribution in [1.82, 2.24) is 0 Å². The molecule has 0 heterocycles. The van der Waals surface area contributed by atoms with Crippen LogP contribution in [0.5, 0.6) is 0 Å². The van der Waals surface area contributed by atoms with Crippen LogP contribution in [-0.2, 0) is 4.74 Å². The van der Waals surface area contributed by atoms with Gasteiger partial charge in [-0.25, -0.2) is 4.79 Å². The molecular weight excluding hydrogens is 243 g/mol. The normalized spacial score (nSPS) is 10.4. The summed E-state index contributed by atoms with van der Waals surface area (Å²) < 4.78 is 17.0. The summed E-state index contributed by atoms with van der Waals surface area (Å²) in [6.45, 7) is 0.285. The van der Waals surface area contributed by atoms with Gasteiger partial charge in [0.05, 0.1) is 18.8 Å². The van der Waals surface area contributed by atoms with Crippen molar-refractivity contribution >= 4 is 5.97 Å². The SMILES string of the molecule is O=C(OCCCCCCCCCF)c1ccccc1. The van der Waals surface area contributed by atoms with Crippen LogP contribution in [0.25, 0.3) is 0 Å². The maximum atomic E-state index is 11.8. The van der Waals surface area contributed by atoms with Gasteiger partial charge >= 0.3 is 5.97 Å². The van der Waals surface area contributed by atoms with Crippen LogP contribution in [0.4, 0.5) is 4.39 Å². The van der Waals surface area contributed by atoms with Crippen LogP contribution in [0, 0.1) is 0 Å². The Bertz CT molecular complexity index is 338. The van der Waals surface area contributed by atoms with Crippen LogP contribution in [-0.4, -0.2) is 19.3 Å². The van der Waals surface area contributed by atoms with Crippen LogP contribution < -0.4 is 0 Å². The molecule has 0 amide bonds. The minimum absolute atomic E-state index is 0.199. The third kappa shape index (κ3) is 7.60. The van der Waals surface area contributed by atoms with E-state index in [1.807, 2.05) is 18.2 Å². The summed E-state index contributed by atoms with van der Waals surface area (Å²) >= 11 is 0. The highest BCUT2D eigenvalue weighted by atomic mass is 19.1. The van der Waals surface area contributed by atoms with Gasteiger partial charge in [-0.2, -0.15) is 0 Å². The van der Waals surface area contributed by atoms with Gasteiger partial charge in [0.1, 0.15) is 0 Å². The van der Waals surface area contributed by atoms with Gasteiger partial charge in [0.25, 0.3) is 0 Å². The van der Waals surface area contributed by atoms with Crippen molar-refractivity contribution in [3.63, 3.8) is 0 Å². The lowest BCUT2D eigenvalue weighted by Gasteiger charge is -2.04. The third-order valence-corrected chi connectivity index (χ3v) is 3.02. The van der Waals surface area contributed by atoms with Crippen LogP contribution in [0.3, 0.4) is 0 Å². The van der Waals surface area contributed by atoms with Gasteiger partial charge in [0.15, 0.2) is 0 Å². The van der Waals surface area contributed by atoms with Crippen LogP contribution in [0.1, 0.15) is 55.3 Å². The number of alkyl halides is 1. The predicted octanol–water partition coefficient (Wildman–Crippen LogP) is 4.54. The molecule has 0 aliphatic carbocycles. The smallest absolute Gasteiger partial charge is 0.338 e. The van der Waals surface area contributed by atoms with Crippen molar-refractivity contribution in [3.05, 3.63) is 35.9 Å². The van der Waals surface area contributed by atoms with E-state index >= 15 is 0 Å². The molecule has 0 atom stereocenters. The quantitative estimate of drug-likeness (QED) is 0.459. The lowest BCUT2D eigenvalue weighted by Crippen LogP contribution is -2.06. The van der Waals surface area contributed by atoms with Gasteiger partial charge in [-0.05, 0) is 25.0 Å². The third-order valence-electron chi connectivity index (χ3n) is 3.02. The van der Waals surface area contributed by atoms with Crippen molar-refractivity contribution in [3.8, 4) is 0 Å². The number of carbonyl (C=O) groups is 1. The van der Waals surface area contributed by atoms with Crippen LogP contribution >= 0.6 is 0 Å². The molecule has 0 radical (unpaired) electrons. The zero-order valence-electron chi connectivity index (χ0n) is 11.4. The van der Waals surface area contributed by atoms with Gasteiger partial charge in [-0.15, -0.1) is 0 Å². The first-order valence-corrected chi connectivity index (χ1v) is 7.12. The summed E-state index contributed by atoms with van der Waals surface area (Å²) in [6, 6.07) is 9.04. The van der Waals surface area contributed by atoms with Crippen LogP contribution in [0.2, 0.25) is 0 Å². The predicted molar refractivity (Wildman–Crippen MR) is 75.0 cm³/mol. The molecule has 0 bridgehead atoms. The number of ether oxygens (including phenoxy) is 1. The molecule has 106 valence electrons. The standard InChI is InChI=1S/C16H23FO2/c17-13-9-4-2-1-3-5-10-14-19-16(18)15-11-7-6-8-12-15/h6-8,11-12H,1-5,9-10,13-14H2. The monoisotopic (exact) mass is 266 g/mol. The number of carbonyl (C=O) groups excluding carboxylic acids is 1. The highest BCUT2D eigenvalue weighted by molar-refractivity contribution is 5.89. The number of halogens is 1. The maximum absolute atomic E-state index is 11.8. The molecule has 0 fully saturated rings. The average Bonchev–Trinajstić information content (AvgIpc) is 2.46. The summed E-state index contributed by atoms with van der Waals surface area (Å²) in [6.07, 6.45) is 7.03. The molecule has 19 heavy (non-hydrogen) atoms. The summed E-state index contributed by atoms with van der Waals surface area (Å²) in [7, 11) is 0. The molecule has 0 unspecified atom stereocenters. The minimum atomic E-state index is -0.247. The van der Waals surface area contributed by atoms with Gasteiger partial charge in [0.2, 0.25) is 0 Å². The maximum Gasteiger partial charge on any atom is 0.338 e. The number of benzene rings is 1. The van der Waals surface area contributed by atoms with Gasteiger partial charge in [-0.1, -0.05) is 50.3 Å². The molecular formula is C16H23FO2. The summed E-state index contributed by atoms with van der Waals surface area (Å²) in [5, 5.41) is 0. The molecule has 0 aromatic heterocycles. The highest BCUT2D eigenvalue weighted by Crippen LogP contribution is 2.08. The number of hydrogen-bond acceptors (Lipinski definition) is 2. The van der Waals surface area contributed by atoms with E-state index in [1.165, 1.54) is 0 Å². The van der Waals surface area contributed by atoms with Crippen molar-refractivity contribution in [2.24, 2.45) is 0 Å². The second kappa shape index (κ2) is 10.5. The fraction of sp³-hybridized carbons (Fsp3) is 0.562. The number of rotatable bonds is 10. The number of unbranched alkanes of at least 4 members (excludes halogenated alkanes) is 6. The first-order chi connectivity index (χ1) is 9.34. The number of hydrogen-bond donors (Lipinski definition) is 0. The highest BCUT2D eigenvalue weighted by Gasteiger charge is 2.04. The molecule has 1 rings (SSSR count). The van der Waals surface area contributed by atoms with E-state index in [1.54, 1.807) is 12.1 Å². The first kappa shape index (κ1) is 15.7. The van der Waals surface area contributed by atoms with E-state index in [4.69, 9.17) is 4.74 Å². The minimum Gasteiger partial charge on any atom is -0.462 e. The molecule has 0 saturated heterocycles. The fourth-order valence-electron chi connectivity index (χ4n) is 1.90. The lowest BCUT2D eigenvalue weighted by molar-refractivity contribution is 0.0497. The Labute approximate surface area is 115 Å². The second-order valence-electron chi connectivity index (χ2n) is 4.67. The molecule has 3 heteroatoms. The summed E-state index contributed by atoms with van der Waals surface area (Å²) in [4.78, 5) is 11.6. The summed E-state index contributed by atoms with van der Waals surface area (Å²) in [5.41, 5.74) is 0.605. The van der Waals surface area contributed by atoms with Gasteiger partial charge < -0.3 is 4.74 Å². The molecule has 0 aliphatic heterocycles. The van der Waals surface area contributed by atoms with Crippen molar-refractivity contribution in [1.29, 1.82) is 0 Å². The van der Waals surface area contributed by atoms with E-state index < -0.39 is 0 Å². The van der Waals surface area contributed by atoms with Crippen LogP contribution in [0.15, 0.2) is 30.3 Å². The molecule has 2 nitrogen and oxygen atoms in total. The van der Waals surface area contributed by atoms with Gasteiger partial charge in [-0.3, -0.25) is 4.39 Å². The topological polar surface area (TPSA) is 26.3 Å². The van der Waals surface area contributed by atoms with Gasteiger partial charge in [0, 0.05) is 0 Å². The fourth-order valence-corrected chi connectivity index (χ4v) is 1.90. The number of esters is 1. The Morgan fingerprint density at radius 1 is 0.895 bits per heavy atom.